The van der Waals surface area contributed by atoms with E-state index in [0.717, 1.165) is 13.0 Å². The van der Waals surface area contributed by atoms with E-state index in [1.54, 1.807) is 11.8 Å². The molecule has 1 amide bonds. The van der Waals surface area contributed by atoms with Gasteiger partial charge in [-0.15, -0.1) is 11.8 Å². The van der Waals surface area contributed by atoms with Crippen LogP contribution in [0.1, 0.15) is 100 Å². The molecule has 0 unspecified atom stereocenters. The highest BCUT2D eigenvalue weighted by atomic mass is 32.2. The van der Waals surface area contributed by atoms with Crippen LogP contribution in [0.2, 0.25) is 0 Å². The highest BCUT2D eigenvalue weighted by Gasteiger charge is 2.16. The van der Waals surface area contributed by atoms with Gasteiger partial charge in [-0.3, -0.25) is 4.79 Å². The first-order valence-electron chi connectivity index (χ1n) is 12.8. The summed E-state index contributed by atoms with van der Waals surface area (Å²) in [7, 11) is 0. The summed E-state index contributed by atoms with van der Waals surface area (Å²) in [5.74, 6) is 0.641. The van der Waals surface area contributed by atoms with E-state index in [1.807, 2.05) is 12.1 Å². The number of rotatable bonds is 18. The molecule has 1 N–H and O–H groups in total. The zero-order valence-corrected chi connectivity index (χ0v) is 20.9. The molecule has 32 heavy (non-hydrogen) atoms. The van der Waals surface area contributed by atoms with E-state index in [1.165, 1.54) is 81.8 Å². The van der Waals surface area contributed by atoms with Crippen molar-refractivity contribution in [1.82, 2.24) is 5.32 Å². The second kappa shape index (κ2) is 17.8. The molecule has 0 bridgehead atoms. The number of carbonyl (C=O) groups excluding carboxylic acids is 1. The lowest BCUT2D eigenvalue weighted by Crippen LogP contribution is -2.26. The molecule has 0 fully saturated rings. The van der Waals surface area contributed by atoms with Gasteiger partial charge in [0.25, 0.3) is 0 Å². The van der Waals surface area contributed by atoms with Gasteiger partial charge in [0.1, 0.15) is 0 Å². The molecule has 2 rings (SSSR count). The van der Waals surface area contributed by atoms with Crippen LogP contribution in [-0.4, -0.2) is 18.2 Å². The highest BCUT2D eigenvalue weighted by Crippen LogP contribution is 2.35. The first-order chi connectivity index (χ1) is 15.8. The molecule has 2 aromatic carbocycles. The number of hydrogen-bond donors (Lipinski definition) is 1. The minimum absolute atomic E-state index is 0.148. The fourth-order valence-corrected chi connectivity index (χ4v) is 5.16. The smallest absolute Gasteiger partial charge is 0.230 e. The molecule has 0 heterocycles. The third-order valence-electron chi connectivity index (χ3n) is 5.94. The molecule has 3 heteroatoms. The Morgan fingerprint density at radius 2 is 1.12 bits per heavy atom. The number of thioether (sulfide) groups is 1. The molecule has 0 aliphatic carbocycles. The Morgan fingerprint density at radius 3 is 1.59 bits per heavy atom. The molecule has 0 saturated carbocycles. The zero-order valence-electron chi connectivity index (χ0n) is 20.1. The normalized spacial score (nSPS) is 11.1. The predicted molar refractivity (Wildman–Crippen MR) is 141 cm³/mol. The van der Waals surface area contributed by atoms with Crippen molar-refractivity contribution in [2.24, 2.45) is 0 Å². The maximum atomic E-state index is 12.4. The van der Waals surface area contributed by atoms with Gasteiger partial charge in [-0.2, -0.15) is 0 Å². The molecule has 0 aromatic heterocycles. The van der Waals surface area contributed by atoms with Crippen molar-refractivity contribution in [3.05, 3.63) is 71.8 Å². The van der Waals surface area contributed by atoms with Crippen molar-refractivity contribution in [1.29, 1.82) is 0 Å². The first kappa shape index (κ1) is 26.5. The number of amides is 1. The van der Waals surface area contributed by atoms with Crippen LogP contribution in [0.3, 0.4) is 0 Å². The maximum absolute atomic E-state index is 12.4. The molecule has 0 saturated heterocycles. The Labute approximate surface area is 201 Å². The number of nitrogens with one attached hydrogen (secondary N) is 1. The SMILES string of the molecule is CCCCCCCCCCCCCCNC(=O)CSC(c1ccccc1)c1ccccc1. The fourth-order valence-electron chi connectivity index (χ4n) is 4.04. The maximum Gasteiger partial charge on any atom is 0.230 e. The lowest BCUT2D eigenvalue weighted by Gasteiger charge is -2.17. The Hall–Kier alpha value is -1.74. The number of carbonyl (C=O) groups is 1. The third-order valence-corrected chi connectivity index (χ3v) is 7.24. The second-order valence-corrected chi connectivity index (χ2v) is 9.84. The summed E-state index contributed by atoms with van der Waals surface area (Å²) in [6.07, 6.45) is 16.1. The summed E-state index contributed by atoms with van der Waals surface area (Å²) in [4.78, 5) is 12.4. The molecule has 0 aliphatic rings. The van der Waals surface area contributed by atoms with Gasteiger partial charge in [0.15, 0.2) is 0 Å². The van der Waals surface area contributed by atoms with Crippen molar-refractivity contribution >= 4 is 17.7 Å². The minimum atomic E-state index is 0.148. The summed E-state index contributed by atoms with van der Waals surface area (Å²) < 4.78 is 0. The molecule has 176 valence electrons. The third kappa shape index (κ3) is 11.8. The molecule has 0 atom stereocenters. The number of hydrogen-bond acceptors (Lipinski definition) is 2. The average Bonchev–Trinajstić information content (AvgIpc) is 2.83. The van der Waals surface area contributed by atoms with Gasteiger partial charge in [0.05, 0.1) is 11.0 Å². The van der Waals surface area contributed by atoms with Gasteiger partial charge in [-0.25, -0.2) is 0 Å². The van der Waals surface area contributed by atoms with Crippen LogP contribution in [0.25, 0.3) is 0 Å². The van der Waals surface area contributed by atoms with Gasteiger partial charge < -0.3 is 5.32 Å². The summed E-state index contributed by atoms with van der Waals surface area (Å²) in [6.45, 7) is 3.08. The van der Waals surface area contributed by atoms with E-state index in [-0.39, 0.29) is 11.2 Å². The Balaban J connectivity index is 1.53. The summed E-state index contributed by atoms with van der Waals surface area (Å²) in [6, 6.07) is 20.9. The van der Waals surface area contributed by atoms with Crippen molar-refractivity contribution in [3.63, 3.8) is 0 Å². The van der Waals surface area contributed by atoms with Crippen LogP contribution >= 0.6 is 11.8 Å². The van der Waals surface area contributed by atoms with Crippen molar-refractivity contribution in [2.75, 3.05) is 12.3 Å². The van der Waals surface area contributed by atoms with Crippen molar-refractivity contribution < 1.29 is 4.79 Å². The van der Waals surface area contributed by atoms with Gasteiger partial charge in [-0.1, -0.05) is 138 Å². The average molecular weight is 454 g/mol. The summed E-state index contributed by atoms with van der Waals surface area (Å²) >= 11 is 1.71. The Kier molecular flexibility index (Phi) is 14.7. The highest BCUT2D eigenvalue weighted by molar-refractivity contribution is 8.00. The van der Waals surface area contributed by atoms with Crippen LogP contribution in [0.15, 0.2) is 60.7 Å². The lowest BCUT2D eigenvalue weighted by atomic mass is 10.0. The van der Waals surface area contributed by atoms with E-state index in [0.29, 0.717) is 5.75 Å². The van der Waals surface area contributed by atoms with Crippen molar-refractivity contribution in [3.8, 4) is 0 Å². The molecule has 0 radical (unpaired) electrons. The van der Waals surface area contributed by atoms with E-state index in [9.17, 15) is 4.79 Å². The first-order valence-corrected chi connectivity index (χ1v) is 13.8. The summed E-state index contributed by atoms with van der Waals surface area (Å²) in [5.41, 5.74) is 2.50. The molecular formula is C29H43NOS. The summed E-state index contributed by atoms with van der Waals surface area (Å²) in [5, 5.41) is 3.31. The Morgan fingerprint density at radius 1 is 0.688 bits per heavy atom. The molecular weight excluding hydrogens is 410 g/mol. The van der Waals surface area contributed by atoms with Gasteiger partial charge in [0, 0.05) is 6.54 Å². The van der Waals surface area contributed by atoms with Crippen LogP contribution in [0.4, 0.5) is 0 Å². The molecule has 0 aliphatic heterocycles. The standard InChI is InChI=1S/C29H43NOS/c1-2-3-4-5-6-7-8-9-10-11-12-19-24-30-28(31)25-32-29(26-20-15-13-16-21-26)27-22-17-14-18-23-27/h13-18,20-23,29H,2-12,19,24-25H2,1H3,(H,30,31). The minimum Gasteiger partial charge on any atom is -0.355 e. The van der Waals surface area contributed by atoms with Crippen LogP contribution < -0.4 is 5.32 Å². The topological polar surface area (TPSA) is 29.1 Å². The van der Waals surface area contributed by atoms with Gasteiger partial charge in [0.2, 0.25) is 5.91 Å². The van der Waals surface area contributed by atoms with Crippen LogP contribution in [0.5, 0.6) is 0 Å². The fraction of sp³-hybridized carbons (Fsp3) is 0.552. The van der Waals surface area contributed by atoms with Crippen molar-refractivity contribution in [2.45, 2.75) is 89.2 Å². The van der Waals surface area contributed by atoms with E-state index in [4.69, 9.17) is 0 Å². The van der Waals surface area contributed by atoms with Gasteiger partial charge in [-0.05, 0) is 17.5 Å². The molecule has 2 aromatic rings. The second-order valence-electron chi connectivity index (χ2n) is 8.75. The number of unbranched alkanes of at least 4 members (excludes halogenated alkanes) is 11. The molecule has 2 nitrogen and oxygen atoms in total. The predicted octanol–water partition coefficient (Wildman–Crippen LogP) is 8.33. The molecule has 0 spiro atoms. The number of benzene rings is 2. The van der Waals surface area contributed by atoms with Crippen LogP contribution in [0, 0.1) is 0 Å². The van der Waals surface area contributed by atoms with Crippen LogP contribution in [-0.2, 0) is 4.79 Å². The largest absolute Gasteiger partial charge is 0.355 e. The van der Waals surface area contributed by atoms with Gasteiger partial charge >= 0.3 is 0 Å². The Bertz CT molecular complexity index is 664. The monoisotopic (exact) mass is 453 g/mol. The zero-order chi connectivity index (χ0) is 22.7. The van der Waals surface area contributed by atoms with E-state index >= 15 is 0 Å². The van der Waals surface area contributed by atoms with E-state index in [2.05, 4.69) is 60.8 Å². The lowest BCUT2D eigenvalue weighted by molar-refractivity contribution is -0.118. The van der Waals surface area contributed by atoms with E-state index < -0.39 is 0 Å². The quantitative estimate of drug-likeness (QED) is 0.230.